The molecule has 3 aromatic rings. The number of nitrogens with one attached hydrogen (secondary N) is 1. The zero-order valence-electron chi connectivity index (χ0n) is 11.5. The summed E-state index contributed by atoms with van der Waals surface area (Å²) < 4.78 is 6.28. The van der Waals surface area contributed by atoms with Gasteiger partial charge in [0.15, 0.2) is 0 Å². The van der Waals surface area contributed by atoms with Crippen LogP contribution in [0.5, 0.6) is 5.75 Å². The molecule has 2 aromatic heterocycles. The number of hydrogen-bond acceptors (Lipinski definition) is 4. The van der Waals surface area contributed by atoms with Gasteiger partial charge in [0, 0.05) is 29.0 Å². The Morgan fingerprint density at radius 3 is 2.90 bits per heavy atom. The molecule has 0 spiro atoms. The summed E-state index contributed by atoms with van der Waals surface area (Å²) in [6, 6.07) is 11.8. The summed E-state index contributed by atoms with van der Waals surface area (Å²) in [6.45, 7) is 0.668. The molecule has 106 valence electrons. The predicted molar refractivity (Wildman–Crippen MR) is 87.6 cm³/mol. The molecular weight excluding hydrogens is 330 g/mol. The highest BCUT2D eigenvalue weighted by Crippen LogP contribution is 2.24. The zero-order valence-corrected chi connectivity index (χ0v) is 13.1. The van der Waals surface area contributed by atoms with Crippen LogP contribution in [-0.4, -0.2) is 17.1 Å². The van der Waals surface area contributed by atoms with Gasteiger partial charge in [0.1, 0.15) is 11.3 Å². The molecule has 0 unspecified atom stereocenters. The lowest BCUT2D eigenvalue weighted by molar-refractivity contribution is 0.410. The molecule has 0 fully saturated rings. The molecule has 0 saturated carbocycles. The number of nitrogens with zero attached hydrogens (tertiary/aromatic N) is 2. The van der Waals surface area contributed by atoms with Gasteiger partial charge in [-0.2, -0.15) is 0 Å². The van der Waals surface area contributed by atoms with Crippen molar-refractivity contribution in [1.82, 2.24) is 9.97 Å². The first kappa shape index (κ1) is 13.8. The summed E-state index contributed by atoms with van der Waals surface area (Å²) in [5.74, 6) is 0.874. The molecule has 5 heteroatoms. The summed E-state index contributed by atoms with van der Waals surface area (Å²) in [5.41, 5.74) is 3.77. The smallest absolute Gasteiger partial charge is 0.123 e. The third kappa shape index (κ3) is 2.97. The van der Waals surface area contributed by atoms with Crippen LogP contribution in [0, 0.1) is 0 Å². The molecule has 3 rings (SSSR count). The highest BCUT2D eigenvalue weighted by atomic mass is 79.9. The normalized spacial score (nSPS) is 10.6. The van der Waals surface area contributed by atoms with Crippen molar-refractivity contribution >= 4 is 32.7 Å². The third-order valence-corrected chi connectivity index (χ3v) is 3.64. The molecular formula is C16H14BrN3O. The minimum atomic E-state index is 0.668. The summed E-state index contributed by atoms with van der Waals surface area (Å²) in [7, 11) is 1.68. The van der Waals surface area contributed by atoms with Crippen LogP contribution in [0.1, 0.15) is 5.56 Å². The van der Waals surface area contributed by atoms with Crippen LogP contribution in [-0.2, 0) is 6.54 Å². The van der Waals surface area contributed by atoms with E-state index in [1.54, 1.807) is 19.5 Å². The average molecular weight is 344 g/mol. The van der Waals surface area contributed by atoms with Gasteiger partial charge in [-0.05, 0) is 34.1 Å². The molecule has 4 nitrogen and oxygen atoms in total. The van der Waals surface area contributed by atoms with Gasteiger partial charge in [-0.1, -0.05) is 18.2 Å². The first-order valence-corrected chi connectivity index (χ1v) is 7.33. The predicted octanol–water partition coefficient (Wildman–Crippen LogP) is 4.01. The number of halogens is 1. The van der Waals surface area contributed by atoms with Crippen LogP contribution in [0.4, 0.5) is 5.69 Å². The molecule has 0 bridgehead atoms. The Hall–Kier alpha value is -2.14. The standard InChI is InChI=1S/C16H14BrN3O/c1-21-15-5-3-2-4-11(15)9-19-13-6-7-18-14-8-12(17)10-20-16(13)14/h2-8,10H,9H2,1H3,(H,18,19). The molecule has 21 heavy (non-hydrogen) atoms. The van der Waals surface area contributed by atoms with Gasteiger partial charge in [0.25, 0.3) is 0 Å². The fraction of sp³-hybridized carbons (Fsp3) is 0.125. The van der Waals surface area contributed by atoms with Crippen LogP contribution in [0.2, 0.25) is 0 Å². The Labute approximate surface area is 131 Å². The van der Waals surface area contributed by atoms with Crippen molar-refractivity contribution in [3.63, 3.8) is 0 Å². The van der Waals surface area contributed by atoms with Gasteiger partial charge in [0.05, 0.1) is 18.3 Å². The maximum atomic E-state index is 5.36. The zero-order chi connectivity index (χ0) is 14.7. The SMILES string of the molecule is COc1ccccc1CNc1ccnc2cc(Br)cnc12. The lowest BCUT2D eigenvalue weighted by atomic mass is 10.2. The van der Waals surface area contributed by atoms with E-state index in [-0.39, 0.29) is 0 Å². The molecule has 0 aliphatic carbocycles. The summed E-state index contributed by atoms with van der Waals surface area (Å²) in [5, 5.41) is 3.40. The topological polar surface area (TPSA) is 47.0 Å². The van der Waals surface area contributed by atoms with Crippen molar-refractivity contribution in [1.29, 1.82) is 0 Å². The number of fused-ring (bicyclic) bond motifs is 1. The van der Waals surface area contributed by atoms with E-state index >= 15 is 0 Å². The number of aromatic nitrogens is 2. The van der Waals surface area contributed by atoms with Crippen molar-refractivity contribution in [3.8, 4) is 5.75 Å². The molecule has 1 N–H and O–H groups in total. The van der Waals surface area contributed by atoms with Gasteiger partial charge < -0.3 is 10.1 Å². The molecule has 0 saturated heterocycles. The molecule has 0 aliphatic heterocycles. The van der Waals surface area contributed by atoms with E-state index in [4.69, 9.17) is 4.74 Å². The second kappa shape index (κ2) is 6.10. The largest absolute Gasteiger partial charge is 0.496 e. The van der Waals surface area contributed by atoms with E-state index in [1.807, 2.05) is 36.4 Å². The first-order valence-electron chi connectivity index (χ1n) is 6.54. The van der Waals surface area contributed by atoms with E-state index < -0.39 is 0 Å². The van der Waals surface area contributed by atoms with E-state index in [2.05, 4.69) is 31.2 Å². The minimum Gasteiger partial charge on any atom is -0.496 e. The molecule has 0 radical (unpaired) electrons. The van der Waals surface area contributed by atoms with Crippen molar-refractivity contribution < 1.29 is 4.74 Å². The van der Waals surface area contributed by atoms with E-state index in [0.717, 1.165) is 32.5 Å². The van der Waals surface area contributed by atoms with Gasteiger partial charge in [-0.15, -0.1) is 0 Å². The number of hydrogen-bond donors (Lipinski definition) is 1. The van der Waals surface area contributed by atoms with Crippen LogP contribution >= 0.6 is 15.9 Å². The highest BCUT2D eigenvalue weighted by molar-refractivity contribution is 9.10. The number of anilines is 1. The molecule has 0 amide bonds. The van der Waals surface area contributed by atoms with E-state index in [0.29, 0.717) is 6.54 Å². The second-order valence-corrected chi connectivity index (χ2v) is 5.46. The monoisotopic (exact) mass is 343 g/mol. The van der Waals surface area contributed by atoms with Crippen molar-refractivity contribution in [2.75, 3.05) is 12.4 Å². The Kier molecular flexibility index (Phi) is 4.01. The van der Waals surface area contributed by atoms with Crippen LogP contribution in [0.15, 0.2) is 53.3 Å². The number of benzene rings is 1. The summed E-state index contributed by atoms with van der Waals surface area (Å²) in [6.07, 6.45) is 3.55. The number of para-hydroxylation sites is 1. The van der Waals surface area contributed by atoms with Gasteiger partial charge in [-0.25, -0.2) is 0 Å². The Morgan fingerprint density at radius 1 is 1.19 bits per heavy atom. The van der Waals surface area contributed by atoms with Crippen molar-refractivity contribution in [3.05, 3.63) is 58.8 Å². The maximum absolute atomic E-state index is 5.36. The number of ether oxygens (including phenoxy) is 1. The maximum Gasteiger partial charge on any atom is 0.123 e. The molecule has 1 aromatic carbocycles. The third-order valence-electron chi connectivity index (χ3n) is 3.21. The number of pyridine rings is 2. The number of rotatable bonds is 4. The molecule has 0 aliphatic rings. The average Bonchev–Trinajstić information content (AvgIpc) is 2.52. The second-order valence-electron chi connectivity index (χ2n) is 4.55. The van der Waals surface area contributed by atoms with Gasteiger partial charge >= 0.3 is 0 Å². The lowest BCUT2D eigenvalue weighted by Gasteiger charge is -2.11. The lowest BCUT2D eigenvalue weighted by Crippen LogP contribution is -2.03. The van der Waals surface area contributed by atoms with Gasteiger partial charge in [-0.3, -0.25) is 9.97 Å². The van der Waals surface area contributed by atoms with E-state index in [9.17, 15) is 0 Å². The van der Waals surface area contributed by atoms with Crippen molar-refractivity contribution in [2.24, 2.45) is 0 Å². The molecule has 0 atom stereocenters. The molecule has 2 heterocycles. The number of methoxy groups -OCH3 is 1. The Bertz CT molecular complexity index is 776. The summed E-state index contributed by atoms with van der Waals surface area (Å²) >= 11 is 3.41. The summed E-state index contributed by atoms with van der Waals surface area (Å²) in [4.78, 5) is 8.77. The quantitative estimate of drug-likeness (QED) is 0.777. The fourth-order valence-corrected chi connectivity index (χ4v) is 2.51. The highest BCUT2D eigenvalue weighted by Gasteiger charge is 2.06. The Balaban J connectivity index is 1.88. The van der Waals surface area contributed by atoms with E-state index in [1.165, 1.54) is 0 Å². The first-order chi connectivity index (χ1) is 10.3. The van der Waals surface area contributed by atoms with Crippen LogP contribution in [0.3, 0.4) is 0 Å². The van der Waals surface area contributed by atoms with Gasteiger partial charge in [0.2, 0.25) is 0 Å². The Morgan fingerprint density at radius 2 is 2.05 bits per heavy atom. The van der Waals surface area contributed by atoms with Crippen molar-refractivity contribution in [2.45, 2.75) is 6.54 Å². The van der Waals surface area contributed by atoms with Crippen LogP contribution in [0.25, 0.3) is 11.0 Å². The minimum absolute atomic E-state index is 0.668. The van der Waals surface area contributed by atoms with Crippen LogP contribution < -0.4 is 10.1 Å². The fourth-order valence-electron chi connectivity index (χ4n) is 2.19.